The summed E-state index contributed by atoms with van der Waals surface area (Å²) in [6.07, 6.45) is 0. The lowest BCUT2D eigenvalue weighted by atomic mass is 10.2. The Labute approximate surface area is 189 Å². The first kappa shape index (κ1) is 22.8. The Morgan fingerprint density at radius 2 is 1.84 bits per heavy atom. The van der Waals surface area contributed by atoms with E-state index in [2.05, 4.69) is 15.6 Å². The van der Waals surface area contributed by atoms with Crippen molar-refractivity contribution in [2.45, 2.75) is 25.5 Å². The van der Waals surface area contributed by atoms with Crippen LogP contribution in [0, 0.1) is 5.92 Å². The molecule has 31 heavy (non-hydrogen) atoms. The molecular formula is C22H23ClN4O3S. The van der Waals surface area contributed by atoms with Gasteiger partial charge in [0.15, 0.2) is 5.16 Å². The topological polar surface area (TPSA) is 93.1 Å². The van der Waals surface area contributed by atoms with Crippen LogP contribution < -0.4 is 16.2 Å². The van der Waals surface area contributed by atoms with Gasteiger partial charge in [-0.1, -0.05) is 67.5 Å². The molecule has 0 aliphatic heterocycles. The van der Waals surface area contributed by atoms with Crippen LogP contribution in [0.1, 0.15) is 19.4 Å². The van der Waals surface area contributed by atoms with Crippen molar-refractivity contribution in [3.05, 3.63) is 69.5 Å². The molecule has 0 unspecified atom stereocenters. The predicted molar refractivity (Wildman–Crippen MR) is 124 cm³/mol. The number of rotatable bonds is 7. The van der Waals surface area contributed by atoms with Gasteiger partial charge < -0.3 is 5.32 Å². The Morgan fingerprint density at radius 3 is 2.58 bits per heavy atom. The smallest absolute Gasteiger partial charge is 0.321 e. The van der Waals surface area contributed by atoms with E-state index >= 15 is 0 Å². The first-order valence-corrected chi connectivity index (χ1v) is 11.1. The number of halogens is 1. The fraction of sp³-hybridized carbons (Fsp3) is 0.273. The molecular weight excluding hydrogens is 436 g/mol. The molecule has 0 bridgehead atoms. The van der Waals surface area contributed by atoms with E-state index in [1.165, 1.54) is 4.57 Å². The summed E-state index contributed by atoms with van der Waals surface area (Å²) in [5.41, 5.74) is 1.09. The number of nitrogens with one attached hydrogen (secondary N) is 2. The number of aromatic nitrogens is 2. The predicted octanol–water partition coefficient (Wildman–Crippen LogP) is 3.67. The molecule has 3 amide bonds. The Hall–Kier alpha value is -2.84. The molecule has 0 aliphatic rings. The van der Waals surface area contributed by atoms with Crippen LogP contribution in [0.2, 0.25) is 5.02 Å². The number of fused-ring (bicyclic) bond motifs is 1. The molecule has 2 aromatic carbocycles. The van der Waals surface area contributed by atoms with Crippen LogP contribution in [0.15, 0.2) is 58.5 Å². The average Bonchev–Trinajstić information content (AvgIpc) is 2.74. The number of hydrogen-bond donors (Lipinski definition) is 2. The molecule has 1 aromatic heterocycles. The summed E-state index contributed by atoms with van der Waals surface area (Å²) in [6.45, 7) is 4.61. The fourth-order valence-electron chi connectivity index (χ4n) is 2.83. The Bertz CT molecular complexity index is 1160. The molecule has 0 aliphatic carbocycles. The number of amides is 3. The lowest BCUT2D eigenvalue weighted by Gasteiger charge is -2.14. The van der Waals surface area contributed by atoms with E-state index in [1.807, 2.05) is 32.0 Å². The van der Waals surface area contributed by atoms with Gasteiger partial charge in [-0.25, -0.2) is 9.78 Å². The van der Waals surface area contributed by atoms with Crippen molar-refractivity contribution in [3.8, 4) is 0 Å². The van der Waals surface area contributed by atoms with Crippen LogP contribution >= 0.6 is 23.4 Å². The van der Waals surface area contributed by atoms with Crippen LogP contribution in [0.4, 0.5) is 4.79 Å². The van der Waals surface area contributed by atoms with E-state index in [0.717, 1.165) is 17.3 Å². The van der Waals surface area contributed by atoms with Crippen molar-refractivity contribution in [1.29, 1.82) is 0 Å². The highest BCUT2D eigenvalue weighted by molar-refractivity contribution is 7.99. The summed E-state index contributed by atoms with van der Waals surface area (Å²) >= 11 is 7.37. The van der Waals surface area contributed by atoms with E-state index in [1.54, 1.807) is 30.3 Å². The minimum atomic E-state index is -0.542. The summed E-state index contributed by atoms with van der Waals surface area (Å²) in [7, 11) is 0. The van der Waals surface area contributed by atoms with Gasteiger partial charge in [-0.15, -0.1) is 0 Å². The normalized spacial score (nSPS) is 11.0. The third-order valence-electron chi connectivity index (χ3n) is 4.37. The van der Waals surface area contributed by atoms with Crippen molar-refractivity contribution in [2.75, 3.05) is 12.3 Å². The van der Waals surface area contributed by atoms with E-state index in [0.29, 0.717) is 27.6 Å². The second-order valence-corrected chi connectivity index (χ2v) is 8.68. The summed E-state index contributed by atoms with van der Waals surface area (Å²) < 4.78 is 1.50. The molecule has 0 fully saturated rings. The third kappa shape index (κ3) is 6.08. The zero-order valence-electron chi connectivity index (χ0n) is 17.2. The highest BCUT2D eigenvalue weighted by atomic mass is 35.5. The molecule has 9 heteroatoms. The minimum absolute atomic E-state index is 0.0671. The van der Waals surface area contributed by atoms with Crippen LogP contribution in [-0.4, -0.2) is 33.8 Å². The number of urea groups is 1. The van der Waals surface area contributed by atoms with E-state index in [4.69, 9.17) is 11.6 Å². The minimum Gasteiger partial charge on any atom is -0.338 e. The highest BCUT2D eigenvalue weighted by Gasteiger charge is 2.15. The van der Waals surface area contributed by atoms with Crippen molar-refractivity contribution >= 4 is 46.2 Å². The first-order valence-electron chi connectivity index (χ1n) is 9.78. The average molecular weight is 459 g/mol. The van der Waals surface area contributed by atoms with Gasteiger partial charge in [0.1, 0.15) is 0 Å². The quantitative estimate of drug-likeness (QED) is 0.416. The van der Waals surface area contributed by atoms with Crippen molar-refractivity contribution < 1.29 is 9.59 Å². The maximum atomic E-state index is 13.1. The van der Waals surface area contributed by atoms with Gasteiger partial charge in [-0.3, -0.25) is 19.5 Å². The maximum absolute atomic E-state index is 13.1. The van der Waals surface area contributed by atoms with Crippen molar-refractivity contribution in [2.24, 2.45) is 5.92 Å². The summed E-state index contributed by atoms with van der Waals surface area (Å²) in [5.74, 6) is -0.267. The molecule has 3 aromatic rings. The number of imide groups is 1. The third-order valence-corrected chi connectivity index (χ3v) is 5.71. The molecule has 1 heterocycles. The van der Waals surface area contributed by atoms with Crippen LogP contribution in [-0.2, 0) is 11.3 Å². The Kier molecular flexibility index (Phi) is 7.70. The standard InChI is InChI=1S/C22H23ClN4O3S/c1-14(2)11-24-21(30)26-19(28)13-31-22-25-18-10-6-4-8-16(18)20(29)27(22)12-15-7-3-5-9-17(15)23/h3-10,14H,11-13H2,1-2H3,(H2,24,26,28,30). The monoisotopic (exact) mass is 458 g/mol. The number of carbonyl (C=O) groups is 2. The second-order valence-electron chi connectivity index (χ2n) is 7.33. The van der Waals surface area contributed by atoms with Gasteiger partial charge >= 0.3 is 6.03 Å². The molecule has 7 nitrogen and oxygen atoms in total. The Balaban J connectivity index is 1.83. The van der Waals surface area contributed by atoms with Gasteiger partial charge in [0.25, 0.3) is 5.56 Å². The van der Waals surface area contributed by atoms with Gasteiger partial charge in [0.2, 0.25) is 5.91 Å². The molecule has 0 radical (unpaired) electrons. The van der Waals surface area contributed by atoms with Crippen molar-refractivity contribution in [3.63, 3.8) is 0 Å². The summed E-state index contributed by atoms with van der Waals surface area (Å²) in [5, 5.41) is 6.32. The number of para-hydroxylation sites is 1. The van der Waals surface area contributed by atoms with Crippen LogP contribution in [0.5, 0.6) is 0 Å². The first-order chi connectivity index (χ1) is 14.8. The van der Waals surface area contributed by atoms with Crippen molar-refractivity contribution in [1.82, 2.24) is 20.2 Å². The number of thioether (sulfide) groups is 1. The molecule has 0 saturated carbocycles. The largest absolute Gasteiger partial charge is 0.338 e. The molecule has 0 saturated heterocycles. The van der Waals surface area contributed by atoms with Gasteiger partial charge in [-0.2, -0.15) is 0 Å². The van der Waals surface area contributed by atoms with Gasteiger partial charge in [0, 0.05) is 11.6 Å². The fourth-order valence-corrected chi connectivity index (χ4v) is 3.82. The lowest BCUT2D eigenvalue weighted by Crippen LogP contribution is -2.41. The zero-order chi connectivity index (χ0) is 22.4. The highest BCUT2D eigenvalue weighted by Crippen LogP contribution is 2.21. The molecule has 3 rings (SSSR count). The SMILES string of the molecule is CC(C)CNC(=O)NC(=O)CSc1nc2ccccc2c(=O)n1Cc1ccccc1Cl. The molecule has 0 spiro atoms. The van der Waals surface area contributed by atoms with Gasteiger partial charge in [-0.05, 0) is 29.7 Å². The van der Waals surface area contributed by atoms with Crippen LogP contribution in [0.3, 0.4) is 0 Å². The molecule has 0 atom stereocenters. The van der Waals surface area contributed by atoms with E-state index in [9.17, 15) is 14.4 Å². The number of carbonyl (C=O) groups excluding carboxylic acids is 2. The van der Waals surface area contributed by atoms with Crippen LogP contribution in [0.25, 0.3) is 10.9 Å². The molecule has 162 valence electrons. The summed E-state index contributed by atoms with van der Waals surface area (Å²) in [4.78, 5) is 41.7. The second kappa shape index (κ2) is 10.5. The summed E-state index contributed by atoms with van der Waals surface area (Å²) in [6, 6.07) is 13.8. The molecule has 2 N–H and O–H groups in total. The maximum Gasteiger partial charge on any atom is 0.321 e. The number of benzene rings is 2. The number of hydrogen-bond acceptors (Lipinski definition) is 5. The van der Waals surface area contributed by atoms with E-state index in [-0.39, 0.29) is 23.8 Å². The van der Waals surface area contributed by atoms with E-state index < -0.39 is 11.9 Å². The number of nitrogens with zero attached hydrogens (tertiary/aromatic N) is 2. The van der Waals surface area contributed by atoms with Gasteiger partial charge in [0.05, 0.1) is 23.2 Å². The Morgan fingerprint density at radius 1 is 1.13 bits per heavy atom. The zero-order valence-corrected chi connectivity index (χ0v) is 18.8. The lowest BCUT2D eigenvalue weighted by molar-refractivity contribution is -0.117.